The minimum absolute atomic E-state index is 0.261. The van der Waals surface area contributed by atoms with Gasteiger partial charge < -0.3 is 0 Å². The van der Waals surface area contributed by atoms with Crippen molar-refractivity contribution in [1.82, 2.24) is 9.78 Å². The molecule has 0 spiro atoms. The minimum Gasteiger partial charge on any atom is -0.298 e. The molecule has 3 nitrogen and oxygen atoms in total. The quantitative estimate of drug-likeness (QED) is 0.799. The third-order valence-electron chi connectivity index (χ3n) is 2.78. The number of aromatic nitrogens is 2. The van der Waals surface area contributed by atoms with Crippen LogP contribution in [0.2, 0.25) is 5.15 Å². The van der Waals surface area contributed by atoms with Gasteiger partial charge in [-0.1, -0.05) is 18.5 Å². The van der Waals surface area contributed by atoms with Crippen molar-refractivity contribution in [2.45, 2.75) is 20.3 Å². The van der Waals surface area contributed by atoms with Crippen LogP contribution in [-0.4, -0.2) is 16.1 Å². The first-order valence-electron chi connectivity index (χ1n) is 5.57. The van der Waals surface area contributed by atoms with Crippen LogP contribution in [0.15, 0.2) is 18.2 Å². The Bertz CT molecular complexity index is 607. The SMILES string of the molecule is CCc1nn(-c2ccc(F)cc2C)c(Cl)c1C=O. The summed E-state index contributed by atoms with van der Waals surface area (Å²) >= 11 is 6.13. The largest absolute Gasteiger partial charge is 0.298 e. The average molecular weight is 267 g/mol. The molecule has 0 aliphatic heterocycles. The van der Waals surface area contributed by atoms with E-state index in [9.17, 15) is 9.18 Å². The number of halogens is 2. The fraction of sp³-hybridized carbons (Fsp3) is 0.231. The Kier molecular flexibility index (Phi) is 3.48. The lowest BCUT2D eigenvalue weighted by molar-refractivity contribution is 0.112. The van der Waals surface area contributed by atoms with Gasteiger partial charge in [0.05, 0.1) is 16.9 Å². The zero-order chi connectivity index (χ0) is 13.3. The van der Waals surface area contributed by atoms with Crippen molar-refractivity contribution in [2.75, 3.05) is 0 Å². The van der Waals surface area contributed by atoms with Gasteiger partial charge in [0.15, 0.2) is 6.29 Å². The molecule has 1 heterocycles. The Morgan fingerprint density at radius 2 is 2.22 bits per heavy atom. The molecule has 0 N–H and O–H groups in total. The number of aldehydes is 1. The highest BCUT2D eigenvalue weighted by Gasteiger charge is 2.16. The topological polar surface area (TPSA) is 34.9 Å². The predicted octanol–water partition coefficient (Wildman–Crippen LogP) is 3.35. The summed E-state index contributed by atoms with van der Waals surface area (Å²) in [6.07, 6.45) is 1.31. The van der Waals surface area contributed by atoms with E-state index in [0.29, 0.717) is 35.2 Å². The summed E-state index contributed by atoms with van der Waals surface area (Å²) in [4.78, 5) is 11.0. The van der Waals surface area contributed by atoms with Crippen LogP contribution in [0, 0.1) is 12.7 Å². The van der Waals surface area contributed by atoms with Gasteiger partial charge in [-0.15, -0.1) is 0 Å². The Morgan fingerprint density at radius 1 is 1.50 bits per heavy atom. The maximum Gasteiger partial charge on any atom is 0.155 e. The zero-order valence-electron chi connectivity index (χ0n) is 10.1. The lowest BCUT2D eigenvalue weighted by Gasteiger charge is -2.06. The van der Waals surface area contributed by atoms with E-state index in [1.165, 1.54) is 16.8 Å². The van der Waals surface area contributed by atoms with Crippen LogP contribution in [0.4, 0.5) is 4.39 Å². The Hall–Kier alpha value is -1.68. The average Bonchev–Trinajstić information content (AvgIpc) is 2.66. The molecule has 2 rings (SSSR count). The molecule has 0 aliphatic rings. The first-order chi connectivity index (χ1) is 8.58. The molecule has 1 aromatic carbocycles. The van der Waals surface area contributed by atoms with Crippen LogP contribution in [0.3, 0.4) is 0 Å². The number of nitrogens with zero attached hydrogens (tertiary/aromatic N) is 2. The summed E-state index contributed by atoms with van der Waals surface area (Å²) in [5.41, 5.74) is 2.41. The van der Waals surface area contributed by atoms with Crippen LogP contribution < -0.4 is 0 Å². The van der Waals surface area contributed by atoms with Crippen molar-refractivity contribution in [2.24, 2.45) is 0 Å². The standard InChI is InChI=1S/C13H12ClFN2O/c1-3-11-10(7-18)13(14)17(16-11)12-5-4-9(15)6-8(12)2/h4-7H,3H2,1-2H3. The molecule has 0 atom stereocenters. The molecule has 0 saturated carbocycles. The van der Waals surface area contributed by atoms with Crippen LogP contribution in [0.5, 0.6) is 0 Å². The monoisotopic (exact) mass is 266 g/mol. The zero-order valence-corrected chi connectivity index (χ0v) is 10.8. The molecule has 0 aliphatic carbocycles. The molecule has 0 amide bonds. The van der Waals surface area contributed by atoms with E-state index < -0.39 is 0 Å². The van der Waals surface area contributed by atoms with Crippen molar-refractivity contribution < 1.29 is 9.18 Å². The summed E-state index contributed by atoms with van der Waals surface area (Å²) in [7, 11) is 0. The second-order valence-corrected chi connectivity index (χ2v) is 4.32. The molecule has 18 heavy (non-hydrogen) atoms. The predicted molar refractivity (Wildman–Crippen MR) is 68.0 cm³/mol. The van der Waals surface area contributed by atoms with Crippen molar-refractivity contribution in [1.29, 1.82) is 0 Å². The van der Waals surface area contributed by atoms with Crippen molar-refractivity contribution >= 4 is 17.9 Å². The smallest absolute Gasteiger partial charge is 0.155 e. The van der Waals surface area contributed by atoms with Crippen LogP contribution in [0.1, 0.15) is 28.5 Å². The van der Waals surface area contributed by atoms with Gasteiger partial charge in [-0.3, -0.25) is 4.79 Å². The number of benzene rings is 1. The highest BCUT2D eigenvalue weighted by atomic mass is 35.5. The van der Waals surface area contributed by atoms with Crippen LogP contribution >= 0.6 is 11.6 Å². The number of carbonyl (C=O) groups is 1. The lowest BCUT2D eigenvalue weighted by Crippen LogP contribution is -2.00. The fourth-order valence-corrected chi connectivity index (χ4v) is 2.13. The molecule has 0 saturated heterocycles. The van der Waals surface area contributed by atoms with Crippen LogP contribution in [0.25, 0.3) is 5.69 Å². The summed E-state index contributed by atoms with van der Waals surface area (Å²) in [6, 6.07) is 4.34. The van der Waals surface area contributed by atoms with E-state index in [1.54, 1.807) is 13.0 Å². The maximum absolute atomic E-state index is 13.1. The summed E-state index contributed by atoms with van der Waals surface area (Å²) in [5, 5.41) is 4.55. The second-order valence-electron chi connectivity index (χ2n) is 3.97. The molecule has 0 radical (unpaired) electrons. The maximum atomic E-state index is 13.1. The van der Waals surface area contributed by atoms with E-state index in [1.807, 2.05) is 6.92 Å². The number of hydrogen-bond acceptors (Lipinski definition) is 2. The second kappa shape index (κ2) is 4.90. The normalized spacial score (nSPS) is 10.7. The van der Waals surface area contributed by atoms with E-state index in [2.05, 4.69) is 5.10 Å². The number of carbonyl (C=O) groups excluding carboxylic acids is 1. The molecule has 0 bridgehead atoms. The van der Waals surface area contributed by atoms with Gasteiger partial charge in [0, 0.05) is 0 Å². The van der Waals surface area contributed by atoms with Crippen molar-refractivity contribution in [3.05, 3.63) is 46.0 Å². The molecule has 0 fully saturated rings. The molecule has 2 aromatic rings. The minimum atomic E-state index is -0.314. The molecular formula is C13H12ClFN2O. The number of rotatable bonds is 3. The molecule has 1 aromatic heterocycles. The van der Waals surface area contributed by atoms with E-state index >= 15 is 0 Å². The van der Waals surface area contributed by atoms with Gasteiger partial charge in [-0.25, -0.2) is 9.07 Å². The highest BCUT2D eigenvalue weighted by molar-refractivity contribution is 6.32. The summed E-state index contributed by atoms with van der Waals surface area (Å²) < 4.78 is 14.5. The molecular weight excluding hydrogens is 255 g/mol. The summed E-state index contributed by atoms with van der Waals surface area (Å²) in [6.45, 7) is 3.66. The van der Waals surface area contributed by atoms with Gasteiger partial charge in [0.25, 0.3) is 0 Å². The molecule has 94 valence electrons. The first kappa shape index (κ1) is 12.8. The molecule has 5 heteroatoms. The first-order valence-corrected chi connectivity index (χ1v) is 5.95. The van der Waals surface area contributed by atoms with Gasteiger partial charge in [0.1, 0.15) is 11.0 Å². The highest BCUT2D eigenvalue weighted by Crippen LogP contribution is 2.25. The fourth-order valence-electron chi connectivity index (χ4n) is 1.85. The van der Waals surface area contributed by atoms with Crippen molar-refractivity contribution in [3.8, 4) is 5.69 Å². The Labute approximate surface area is 109 Å². The Morgan fingerprint density at radius 3 is 2.72 bits per heavy atom. The van der Waals surface area contributed by atoms with Gasteiger partial charge in [-0.2, -0.15) is 5.10 Å². The van der Waals surface area contributed by atoms with E-state index in [4.69, 9.17) is 11.6 Å². The van der Waals surface area contributed by atoms with E-state index in [0.717, 1.165) is 0 Å². The Balaban J connectivity index is 2.64. The van der Waals surface area contributed by atoms with Gasteiger partial charge >= 0.3 is 0 Å². The molecule has 0 unspecified atom stereocenters. The van der Waals surface area contributed by atoms with Gasteiger partial charge in [-0.05, 0) is 37.1 Å². The number of aryl methyl sites for hydroxylation is 2. The van der Waals surface area contributed by atoms with Gasteiger partial charge in [0.2, 0.25) is 0 Å². The van der Waals surface area contributed by atoms with E-state index in [-0.39, 0.29) is 11.0 Å². The summed E-state index contributed by atoms with van der Waals surface area (Å²) in [5.74, 6) is -0.314. The number of hydrogen-bond donors (Lipinski definition) is 0. The lowest BCUT2D eigenvalue weighted by atomic mass is 10.2. The van der Waals surface area contributed by atoms with Crippen molar-refractivity contribution in [3.63, 3.8) is 0 Å². The third-order valence-corrected chi connectivity index (χ3v) is 3.14. The van der Waals surface area contributed by atoms with Crippen LogP contribution in [-0.2, 0) is 6.42 Å². The third kappa shape index (κ3) is 2.04.